The lowest BCUT2D eigenvalue weighted by Crippen LogP contribution is -2.56. The third-order valence-corrected chi connectivity index (χ3v) is 7.43. The number of rotatable bonds is 7. The van der Waals surface area contributed by atoms with Crippen molar-refractivity contribution in [1.29, 1.82) is 0 Å². The number of thioether (sulfide) groups is 1. The summed E-state index contributed by atoms with van der Waals surface area (Å²) in [5, 5.41) is 5.64. The van der Waals surface area contributed by atoms with E-state index in [0.717, 1.165) is 58.3 Å². The molecule has 0 aliphatic carbocycles. The van der Waals surface area contributed by atoms with Crippen LogP contribution in [0.2, 0.25) is 0 Å². The Balaban J connectivity index is 1.64. The van der Waals surface area contributed by atoms with Gasteiger partial charge in [0.25, 0.3) is 0 Å². The van der Waals surface area contributed by atoms with Crippen LogP contribution in [0, 0.1) is 0 Å². The molecule has 5 nitrogen and oxygen atoms in total. The number of hydrogen-bond acceptors (Lipinski definition) is 5. The van der Waals surface area contributed by atoms with Gasteiger partial charge in [0.1, 0.15) is 0 Å². The maximum Gasteiger partial charge on any atom is 0.193 e. The number of nitrogens with zero attached hydrogens (tertiary/aromatic N) is 3. The third kappa shape index (κ3) is 5.15. The lowest BCUT2D eigenvalue weighted by atomic mass is 9.96. The Kier molecular flexibility index (Phi) is 7.66. The third-order valence-electron chi connectivity index (χ3n) is 5.26. The van der Waals surface area contributed by atoms with Crippen LogP contribution in [-0.2, 0) is 11.2 Å². The summed E-state index contributed by atoms with van der Waals surface area (Å²) in [4.78, 5) is 11.4. The first-order chi connectivity index (χ1) is 12.7. The summed E-state index contributed by atoms with van der Waals surface area (Å²) in [6, 6.07) is 4.34. The minimum Gasteiger partial charge on any atom is -0.379 e. The van der Waals surface area contributed by atoms with Crippen molar-refractivity contribution in [1.82, 2.24) is 15.1 Å². The molecule has 3 heterocycles. The normalized spacial score (nSPS) is 24.8. The average Bonchev–Trinajstić information content (AvgIpc) is 3.36. The van der Waals surface area contributed by atoms with E-state index in [1.807, 2.05) is 11.3 Å². The molecule has 1 aromatic rings. The molecule has 0 bridgehead atoms. The van der Waals surface area contributed by atoms with Gasteiger partial charge in [0.15, 0.2) is 5.96 Å². The summed E-state index contributed by atoms with van der Waals surface area (Å²) in [5.41, 5.74) is 0.212. The molecular weight excluding hydrogens is 364 g/mol. The van der Waals surface area contributed by atoms with Gasteiger partial charge in [0.05, 0.1) is 25.3 Å². The minimum atomic E-state index is 0.212. The van der Waals surface area contributed by atoms with Crippen molar-refractivity contribution < 1.29 is 4.74 Å². The van der Waals surface area contributed by atoms with E-state index < -0.39 is 0 Å². The second-order valence-electron chi connectivity index (χ2n) is 7.05. The Morgan fingerprint density at radius 1 is 1.42 bits per heavy atom. The lowest BCUT2D eigenvalue weighted by Gasteiger charge is -2.42. The molecule has 1 aromatic heterocycles. The molecule has 26 heavy (non-hydrogen) atoms. The van der Waals surface area contributed by atoms with Gasteiger partial charge in [-0.05, 0) is 37.0 Å². The standard InChI is InChI=1S/C19H32N4OS2/c1-3-20-18(22(2)8-6-17-5-4-13-26-17)21-15-19(7-14-25-16-19)23-9-11-24-12-10-23/h4-5,13H,3,6-12,14-16H2,1-2H3,(H,20,21). The molecule has 0 saturated carbocycles. The van der Waals surface area contributed by atoms with Crippen LogP contribution < -0.4 is 5.32 Å². The Bertz CT molecular complexity index is 552. The van der Waals surface area contributed by atoms with Gasteiger partial charge < -0.3 is 15.0 Å². The summed E-state index contributed by atoms with van der Waals surface area (Å²) in [6.45, 7) is 8.72. The van der Waals surface area contributed by atoms with Gasteiger partial charge in [-0.1, -0.05) is 6.07 Å². The number of guanidine groups is 1. The fraction of sp³-hybridized carbons (Fsp3) is 0.737. The molecule has 0 spiro atoms. The number of hydrogen-bond donors (Lipinski definition) is 1. The summed E-state index contributed by atoms with van der Waals surface area (Å²) >= 11 is 3.91. The molecule has 1 atom stereocenters. The van der Waals surface area contributed by atoms with Crippen molar-refractivity contribution in [3.05, 3.63) is 22.4 Å². The van der Waals surface area contributed by atoms with E-state index in [-0.39, 0.29) is 5.54 Å². The van der Waals surface area contributed by atoms with Crippen LogP contribution in [0.5, 0.6) is 0 Å². The molecule has 7 heteroatoms. The van der Waals surface area contributed by atoms with Gasteiger partial charge >= 0.3 is 0 Å². The van der Waals surface area contributed by atoms with E-state index in [4.69, 9.17) is 9.73 Å². The summed E-state index contributed by atoms with van der Waals surface area (Å²) < 4.78 is 5.57. The maximum atomic E-state index is 5.57. The first-order valence-corrected chi connectivity index (χ1v) is 11.7. The molecule has 2 saturated heterocycles. The summed E-state index contributed by atoms with van der Waals surface area (Å²) in [6.07, 6.45) is 2.31. The van der Waals surface area contributed by atoms with Crippen LogP contribution in [0.15, 0.2) is 22.5 Å². The molecule has 3 rings (SSSR count). The van der Waals surface area contributed by atoms with Crippen LogP contribution in [0.4, 0.5) is 0 Å². The van der Waals surface area contributed by atoms with Crippen LogP contribution in [0.1, 0.15) is 18.2 Å². The second kappa shape index (κ2) is 9.97. The highest BCUT2D eigenvalue weighted by molar-refractivity contribution is 7.99. The van der Waals surface area contributed by atoms with Crippen LogP contribution in [0.25, 0.3) is 0 Å². The van der Waals surface area contributed by atoms with Crippen molar-refractivity contribution >= 4 is 29.1 Å². The number of likely N-dealkylation sites (N-methyl/N-ethyl adjacent to an activating group) is 1. The number of nitrogens with one attached hydrogen (secondary N) is 1. The fourth-order valence-corrected chi connectivity index (χ4v) is 5.80. The molecule has 2 aliphatic heterocycles. The van der Waals surface area contributed by atoms with E-state index in [1.165, 1.54) is 22.8 Å². The van der Waals surface area contributed by atoms with Crippen molar-refractivity contribution in [3.63, 3.8) is 0 Å². The van der Waals surface area contributed by atoms with Crippen molar-refractivity contribution in [3.8, 4) is 0 Å². The number of thiophene rings is 1. The first kappa shape index (κ1) is 20.0. The highest BCUT2D eigenvalue weighted by atomic mass is 32.2. The molecule has 1 N–H and O–H groups in total. The zero-order valence-electron chi connectivity index (χ0n) is 16.1. The number of aliphatic imine (C=N–C) groups is 1. The zero-order chi connectivity index (χ0) is 18.2. The van der Waals surface area contributed by atoms with E-state index in [2.05, 4.69) is 58.4 Å². The zero-order valence-corrected chi connectivity index (χ0v) is 17.7. The lowest BCUT2D eigenvalue weighted by molar-refractivity contribution is -0.0105. The average molecular weight is 397 g/mol. The van der Waals surface area contributed by atoms with Gasteiger partial charge in [-0.25, -0.2) is 0 Å². The predicted octanol–water partition coefficient (Wildman–Crippen LogP) is 2.40. The molecule has 0 aromatic carbocycles. The topological polar surface area (TPSA) is 40.1 Å². The monoisotopic (exact) mass is 396 g/mol. The van der Waals surface area contributed by atoms with E-state index >= 15 is 0 Å². The fourth-order valence-electron chi connectivity index (χ4n) is 3.64. The van der Waals surface area contributed by atoms with Gasteiger partial charge in [-0.15, -0.1) is 11.3 Å². The van der Waals surface area contributed by atoms with E-state index in [0.29, 0.717) is 0 Å². The van der Waals surface area contributed by atoms with E-state index in [1.54, 1.807) is 0 Å². The quantitative estimate of drug-likeness (QED) is 0.566. The molecule has 0 amide bonds. The van der Waals surface area contributed by atoms with Gasteiger partial charge in [0.2, 0.25) is 0 Å². The Hall–Kier alpha value is -0.760. The van der Waals surface area contributed by atoms with Crippen LogP contribution in [0.3, 0.4) is 0 Å². The molecule has 1 unspecified atom stereocenters. The van der Waals surface area contributed by atoms with Gasteiger partial charge in [0, 0.05) is 43.9 Å². The summed E-state index contributed by atoms with van der Waals surface area (Å²) in [5.74, 6) is 3.47. The molecular formula is C19H32N4OS2. The SMILES string of the molecule is CCNC(=NCC1(N2CCOCC2)CCSC1)N(C)CCc1cccs1. The van der Waals surface area contributed by atoms with Crippen molar-refractivity contribution in [2.75, 3.05) is 64.5 Å². The Morgan fingerprint density at radius 3 is 2.92 bits per heavy atom. The van der Waals surface area contributed by atoms with Crippen LogP contribution in [-0.4, -0.2) is 85.8 Å². The molecule has 2 aliphatic rings. The molecule has 0 radical (unpaired) electrons. The molecule has 146 valence electrons. The maximum absolute atomic E-state index is 5.57. The molecule has 2 fully saturated rings. The second-order valence-corrected chi connectivity index (χ2v) is 9.18. The number of ether oxygens (including phenoxy) is 1. The highest BCUT2D eigenvalue weighted by Gasteiger charge is 2.40. The highest BCUT2D eigenvalue weighted by Crippen LogP contribution is 2.34. The first-order valence-electron chi connectivity index (χ1n) is 9.66. The Morgan fingerprint density at radius 2 is 2.27 bits per heavy atom. The van der Waals surface area contributed by atoms with Crippen molar-refractivity contribution in [2.45, 2.75) is 25.3 Å². The smallest absolute Gasteiger partial charge is 0.193 e. The van der Waals surface area contributed by atoms with E-state index in [9.17, 15) is 0 Å². The minimum absolute atomic E-state index is 0.212. The Labute approximate surface area is 166 Å². The largest absolute Gasteiger partial charge is 0.379 e. The van der Waals surface area contributed by atoms with Gasteiger partial charge in [-0.2, -0.15) is 11.8 Å². The predicted molar refractivity (Wildman–Crippen MR) is 114 cm³/mol. The van der Waals surface area contributed by atoms with Gasteiger partial charge in [-0.3, -0.25) is 9.89 Å². The van der Waals surface area contributed by atoms with Crippen molar-refractivity contribution in [2.24, 2.45) is 4.99 Å². The number of morpholine rings is 1. The van der Waals surface area contributed by atoms with Crippen LogP contribution >= 0.6 is 23.1 Å². The summed E-state index contributed by atoms with van der Waals surface area (Å²) in [7, 11) is 2.15.